The summed E-state index contributed by atoms with van der Waals surface area (Å²) in [6, 6.07) is 8.93. The molecule has 0 radical (unpaired) electrons. The first-order valence-electron chi connectivity index (χ1n) is 8.71. The number of fused-ring (bicyclic) bond motifs is 2. The second-order valence-electron chi connectivity index (χ2n) is 6.99. The Balaban J connectivity index is 2.03. The van der Waals surface area contributed by atoms with E-state index in [9.17, 15) is 4.79 Å². The molecule has 0 unspecified atom stereocenters. The first-order valence-corrected chi connectivity index (χ1v) is 8.71. The molecule has 0 spiro atoms. The van der Waals surface area contributed by atoms with E-state index in [4.69, 9.17) is 9.47 Å². The van der Waals surface area contributed by atoms with Crippen molar-refractivity contribution in [1.82, 2.24) is 4.90 Å². The van der Waals surface area contributed by atoms with Crippen LogP contribution in [-0.2, 0) is 14.9 Å². The van der Waals surface area contributed by atoms with Crippen LogP contribution in [0.15, 0.2) is 36.4 Å². The van der Waals surface area contributed by atoms with Gasteiger partial charge in [0.1, 0.15) is 5.75 Å². The molecular formula is C20H27NO3. The molecule has 3 rings (SSSR count). The second-order valence-corrected chi connectivity index (χ2v) is 6.99. The summed E-state index contributed by atoms with van der Waals surface area (Å²) in [5.41, 5.74) is 1.41. The van der Waals surface area contributed by atoms with E-state index in [0.29, 0.717) is 12.0 Å². The Hall–Kier alpha value is -1.81. The molecule has 0 aromatic heterocycles. The first kappa shape index (κ1) is 17.0. The third kappa shape index (κ3) is 2.95. The number of piperidine rings is 1. The fraction of sp³-hybridized carbons (Fsp3) is 0.550. The summed E-state index contributed by atoms with van der Waals surface area (Å²) >= 11 is 0. The van der Waals surface area contributed by atoms with Crippen LogP contribution in [0, 0.1) is 5.92 Å². The van der Waals surface area contributed by atoms with E-state index in [2.05, 4.69) is 36.2 Å². The highest BCUT2D eigenvalue weighted by atomic mass is 16.5. The summed E-state index contributed by atoms with van der Waals surface area (Å²) in [5, 5.41) is 0. The molecule has 4 heteroatoms. The van der Waals surface area contributed by atoms with Crippen molar-refractivity contribution in [3.8, 4) is 5.75 Å². The van der Waals surface area contributed by atoms with Crippen LogP contribution in [0.5, 0.6) is 5.75 Å². The molecule has 2 fully saturated rings. The number of benzene rings is 1. The molecule has 1 aromatic carbocycles. The Morgan fingerprint density at radius 3 is 2.92 bits per heavy atom. The molecule has 1 aromatic rings. The monoisotopic (exact) mass is 329 g/mol. The van der Waals surface area contributed by atoms with Crippen molar-refractivity contribution < 1.29 is 14.3 Å². The van der Waals surface area contributed by atoms with E-state index in [-0.39, 0.29) is 11.4 Å². The van der Waals surface area contributed by atoms with Crippen molar-refractivity contribution in [2.24, 2.45) is 5.92 Å². The molecule has 1 aliphatic carbocycles. The van der Waals surface area contributed by atoms with Crippen LogP contribution in [0.4, 0.5) is 0 Å². The summed E-state index contributed by atoms with van der Waals surface area (Å²) in [4.78, 5) is 14.1. The van der Waals surface area contributed by atoms with Gasteiger partial charge in [-0.3, -0.25) is 0 Å². The van der Waals surface area contributed by atoms with Gasteiger partial charge in [-0.15, -0.1) is 0 Å². The van der Waals surface area contributed by atoms with Crippen LogP contribution >= 0.6 is 0 Å². The predicted octanol–water partition coefficient (Wildman–Crippen LogP) is 3.17. The second kappa shape index (κ2) is 6.98. The third-order valence-corrected chi connectivity index (χ3v) is 5.94. The van der Waals surface area contributed by atoms with E-state index in [0.717, 1.165) is 25.1 Å². The zero-order valence-corrected chi connectivity index (χ0v) is 14.8. The Labute approximate surface area is 144 Å². The molecule has 0 N–H and O–H groups in total. The van der Waals surface area contributed by atoms with Crippen molar-refractivity contribution in [1.29, 1.82) is 0 Å². The number of carbonyl (C=O) groups is 1. The van der Waals surface area contributed by atoms with Gasteiger partial charge in [-0.25, -0.2) is 4.79 Å². The van der Waals surface area contributed by atoms with E-state index in [1.807, 2.05) is 6.07 Å². The molecule has 130 valence electrons. The third-order valence-electron chi connectivity index (χ3n) is 5.94. The van der Waals surface area contributed by atoms with Crippen molar-refractivity contribution in [3.63, 3.8) is 0 Å². The lowest BCUT2D eigenvalue weighted by molar-refractivity contribution is -0.134. The van der Waals surface area contributed by atoms with E-state index in [1.54, 1.807) is 13.2 Å². The molecule has 1 saturated carbocycles. The molecule has 24 heavy (non-hydrogen) atoms. The Morgan fingerprint density at radius 2 is 2.17 bits per heavy atom. The topological polar surface area (TPSA) is 38.8 Å². The molecule has 1 heterocycles. The van der Waals surface area contributed by atoms with Gasteiger partial charge in [-0.1, -0.05) is 24.6 Å². The molecule has 1 saturated heterocycles. The molecular weight excluding hydrogens is 302 g/mol. The summed E-state index contributed by atoms with van der Waals surface area (Å²) in [6.07, 6.45) is 8.35. The molecule has 3 atom stereocenters. The van der Waals surface area contributed by atoms with E-state index in [1.165, 1.54) is 25.5 Å². The van der Waals surface area contributed by atoms with E-state index >= 15 is 0 Å². The lowest BCUT2D eigenvalue weighted by Crippen LogP contribution is -2.56. The minimum absolute atomic E-state index is 0.0779. The number of ether oxygens (including phenoxy) is 2. The number of nitrogens with zero attached hydrogens (tertiary/aromatic N) is 1. The Kier molecular flexibility index (Phi) is 4.95. The van der Waals surface area contributed by atoms with Gasteiger partial charge in [0.2, 0.25) is 0 Å². The average molecular weight is 329 g/mol. The summed E-state index contributed by atoms with van der Waals surface area (Å²) in [6.45, 7) is 1.09. The normalized spacial score (nSPS) is 30.3. The van der Waals surface area contributed by atoms with Crippen LogP contribution < -0.4 is 4.74 Å². The number of esters is 1. The standard InChI is InChI=1S/C20H27NO3/c1-21-13-12-20(15-6-4-7-16(14-15)23-2)11-5-8-18(21)17(20)9-10-19(22)24-3/h4,6-7,9-10,14,17-18H,5,8,11-13H2,1-3H3/b10-9+/t17-,18-,20-/m0/s1. The fourth-order valence-electron chi connectivity index (χ4n) is 4.65. The molecule has 1 aliphatic heterocycles. The predicted molar refractivity (Wildman–Crippen MR) is 94.2 cm³/mol. The summed E-state index contributed by atoms with van der Waals surface area (Å²) in [5.74, 6) is 0.942. The summed E-state index contributed by atoms with van der Waals surface area (Å²) < 4.78 is 10.3. The average Bonchev–Trinajstić information content (AvgIpc) is 2.63. The van der Waals surface area contributed by atoms with Crippen LogP contribution in [0.3, 0.4) is 0 Å². The van der Waals surface area contributed by atoms with Crippen molar-refractivity contribution in [3.05, 3.63) is 42.0 Å². The maximum Gasteiger partial charge on any atom is 0.330 e. The zero-order valence-electron chi connectivity index (χ0n) is 14.8. The van der Waals surface area contributed by atoms with Gasteiger partial charge in [0, 0.05) is 23.5 Å². The van der Waals surface area contributed by atoms with Crippen LogP contribution in [0.1, 0.15) is 31.2 Å². The quantitative estimate of drug-likeness (QED) is 0.628. The fourth-order valence-corrected chi connectivity index (χ4v) is 4.65. The molecule has 2 aliphatic rings. The molecule has 0 amide bonds. The Bertz CT molecular complexity index is 627. The SMILES string of the molecule is COC(=O)/C=C/[C@H]1[C@@H]2CCC[C@@]1(c1cccc(OC)c1)CCN2C. The van der Waals surface area contributed by atoms with Crippen LogP contribution in [0.2, 0.25) is 0 Å². The van der Waals surface area contributed by atoms with Gasteiger partial charge in [0.25, 0.3) is 0 Å². The lowest BCUT2D eigenvalue weighted by atomic mass is 9.57. The van der Waals surface area contributed by atoms with Gasteiger partial charge in [0.05, 0.1) is 14.2 Å². The largest absolute Gasteiger partial charge is 0.497 e. The number of hydrogen-bond acceptors (Lipinski definition) is 4. The number of hydrogen-bond donors (Lipinski definition) is 0. The number of likely N-dealkylation sites (tertiary alicyclic amines) is 1. The van der Waals surface area contributed by atoms with Crippen molar-refractivity contribution in [2.45, 2.75) is 37.1 Å². The highest BCUT2D eigenvalue weighted by Gasteiger charge is 2.49. The molecule has 2 bridgehead atoms. The minimum Gasteiger partial charge on any atom is -0.497 e. The number of carbonyl (C=O) groups excluding carboxylic acids is 1. The van der Waals surface area contributed by atoms with Crippen LogP contribution in [-0.4, -0.2) is 44.7 Å². The van der Waals surface area contributed by atoms with Gasteiger partial charge >= 0.3 is 5.97 Å². The highest BCUT2D eigenvalue weighted by Crippen LogP contribution is 2.51. The minimum atomic E-state index is -0.276. The van der Waals surface area contributed by atoms with Crippen molar-refractivity contribution >= 4 is 5.97 Å². The summed E-state index contributed by atoms with van der Waals surface area (Å²) in [7, 11) is 5.34. The number of methoxy groups -OCH3 is 2. The van der Waals surface area contributed by atoms with Gasteiger partial charge < -0.3 is 14.4 Å². The highest BCUT2D eigenvalue weighted by molar-refractivity contribution is 5.81. The zero-order chi connectivity index (χ0) is 17.2. The van der Waals surface area contributed by atoms with E-state index < -0.39 is 0 Å². The van der Waals surface area contributed by atoms with Crippen molar-refractivity contribution in [2.75, 3.05) is 27.8 Å². The molecule has 4 nitrogen and oxygen atoms in total. The van der Waals surface area contributed by atoms with Gasteiger partial charge in [0.15, 0.2) is 0 Å². The smallest absolute Gasteiger partial charge is 0.330 e. The lowest BCUT2D eigenvalue weighted by Gasteiger charge is -2.55. The first-order chi connectivity index (χ1) is 11.6. The van der Waals surface area contributed by atoms with Gasteiger partial charge in [-0.05, 0) is 50.6 Å². The Morgan fingerprint density at radius 1 is 1.33 bits per heavy atom. The maximum atomic E-state index is 11.7. The number of rotatable bonds is 4. The van der Waals surface area contributed by atoms with Crippen LogP contribution in [0.25, 0.3) is 0 Å². The maximum absolute atomic E-state index is 11.7. The van der Waals surface area contributed by atoms with Gasteiger partial charge in [-0.2, -0.15) is 0 Å².